The number of nitrogens with one attached hydrogen (secondary N) is 2. The molecule has 10 nitrogen and oxygen atoms in total. The maximum Gasteiger partial charge on any atom is 0.345 e. The zero-order valence-corrected chi connectivity index (χ0v) is 26.6. The van der Waals surface area contributed by atoms with E-state index in [2.05, 4.69) is 15.2 Å². The first-order chi connectivity index (χ1) is 22.2. The first kappa shape index (κ1) is 33.0. The van der Waals surface area contributed by atoms with Crippen LogP contribution in [0.15, 0.2) is 66.7 Å². The second kappa shape index (κ2) is 15.3. The van der Waals surface area contributed by atoms with E-state index in [1.165, 1.54) is 24.3 Å². The number of H-pyrrole nitrogens is 1. The lowest BCUT2D eigenvalue weighted by Crippen LogP contribution is -2.30. The molecule has 46 heavy (non-hydrogen) atoms. The van der Waals surface area contributed by atoms with Gasteiger partial charge in [0.05, 0.1) is 31.3 Å². The average molecular weight is 648 g/mol. The van der Waals surface area contributed by atoms with E-state index in [9.17, 15) is 19.5 Å². The fraction of sp³-hybridized carbons (Fsp3) is 0.343. The molecule has 11 heteroatoms. The Morgan fingerprint density at radius 3 is 2.63 bits per heavy atom. The van der Waals surface area contributed by atoms with Crippen molar-refractivity contribution < 1.29 is 33.7 Å². The number of halogens is 1. The Balaban J connectivity index is 1.21. The van der Waals surface area contributed by atoms with Gasteiger partial charge >= 0.3 is 11.9 Å². The van der Waals surface area contributed by atoms with Crippen LogP contribution in [0.25, 0.3) is 10.9 Å². The third kappa shape index (κ3) is 8.45. The van der Waals surface area contributed by atoms with Gasteiger partial charge in [-0.2, -0.15) is 0 Å². The molecule has 2 atom stereocenters. The minimum absolute atomic E-state index is 0.165. The molecule has 3 aromatic carbocycles. The Hall–Kier alpha value is -4.38. The number of amides is 1. The number of nitrogens with zero attached hydrogens (tertiary/aromatic N) is 1. The first-order valence-electron chi connectivity index (χ1n) is 15.3. The number of benzene rings is 3. The highest BCUT2D eigenvalue weighted by atomic mass is 35.5. The van der Waals surface area contributed by atoms with Crippen LogP contribution in [0.5, 0.6) is 11.5 Å². The predicted octanol–water partition coefficient (Wildman–Crippen LogP) is 5.15. The van der Waals surface area contributed by atoms with Gasteiger partial charge < -0.3 is 29.6 Å². The number of carbonyl (C=O) groups is 3. The summed E-state index contributed by atoms with van der Waals surface area (Å²) in [6, 6.07) is 19.3. The molecule has 0 aliphatic carbocycles. The van der Waals surface area contributed by atoms with Crippen molar-refractivity contribution in [2.24, 2.45) is 0 Å². The molecular weight excluding hydrogens is 610 g/mol. The van der Waals surface area contributed by atoms with E-state index in [-0.39, 0.29) is 24.0 Å². The summed E-state index contributed by atoms with van der Waals surface area (Å²) in [5, 5.41) is 13.8. The Morgan fingerprint density at radius 2 is 1.89 bits per heavy atom. The second-order valence-electron chi connectivity index (χ2n) is 11.4. The van der Waals surface area contributed by atoms with E-state index in [0.717, 1.165) is 36.3 Å². The van der Waals surface area contributed by atoms with E-state index in [0.29, 0.717) is 53.5 Å². The highest BCUT2D eigenvalue weighted by Crippen LogP contribution is 2.34. The molecule has 1 aliphatic heterocycles. The molecule has 3 N–H and O–H groups in total. The summed E-state index contributed by atoms with van der Waals surface area (Å²) in [5.41, 5.74) is 3.27. The number of methoxy groups -OCH3 is 1. The molecular formula is C35H38ClN3O7. The Labute approximate surface area is 272 Å². The highest BCUT2D eigenvalue weighted by Gasteiger charge is 2.32. The number of fused-ring (bicyclic) bond motifs is 1. The van der Waals surface area contributed by atoms with Gasteiger partial charge in [-0.3, -0.25) is 14.5 Å². The molecule has 242 valence electrons. The zero-order chi connectivity index (χ0) is 32.6. The van der Waals surface area contributed by atoms with E-state index in [1.54, 1.807) is 19.2 Å². The summed E-state index contributed by atoms with van der Waals surface area (Å²) >= 11 is 5.93. The summed E-state index contributed by atoms with van der Waals surface area (Å²) in [5.74, 6) is -1.78. The lowest BCUT2D eigenvalue weighted by Gasteiger charge is -2.17. The molecule has 2 unspecified atom stereocenters. The van der Waals surface area contributed by atoms with Crippen molar-refractivity contribution in [2.45, 2.75) is 44.8 Å². The molecule has 0 radical (unpaired) electrons. The molecule has 1 aliphatic rings. The smallest absolute Gasteiger partial charge is 0.345 e. The third-order valence-corrected chi connectivity index (χ3v) is 8.25. The van der Waals surface area contributed by atoms with Crippen molar-refractivity contribution in [3.8, 4) is 11.5 Å². The molecule has 5 rings (SSSR count). The minimum Gasteiger partial charge on any atom is -0.497 e. The Morgan fingerprint density at radius 1 is 1.09 bits per heavy atom. The quantitative estimate of drug-likeness (QED) is 0.103. The number of aliphatic hydroxyl groups excluding tert-OH is 1. The van der Waals surface area contributed by atoms with Crippen LogP contribution >= 0.6 is 11.6 Å². The molecule has 1 aromatic heterocycles. The number of rotatable bonds is 13. The number of likely N-dealkylation sites (tertiary alicyclic amines) is 1. The molecule has 0 saturated carbocycles. The number of ether oxygens (including phenoxy) is 3. The number of aromatic nitrogens is 1. The fourth-order valence-corrected chi connectivity index (χ4v) is 5.83. The molecule has 1 saturated heterocycles. The minimum atomic E-state index is -1.06. The summed E-state index contributed by atoms with van der Waals surface area (Å²) < 4.78 is 16.6. The maximum atomic E-state index is 13.5. The number of β-amino-alcohol motifs (C(OH)–C–C–N with tert-alkyl or cyclic N) is 1. The van der Waals surface area contributed by atoms with Crippen LogP contribution < -0.4 is 14.8 Å². The molecule has 0 bridgehead atoms. The third-order valence-electron chi connectivity index (χ3n) is 8.00. The number of carbonyl (C=O) groups excluding carboxylic acids is 3. The first-order valence-corrected chi connectivity index (χ1v) is 15.6. The monoisotopic (exact) mass is 647 g/mol. The second-order valence-corrected chi connectivity index (χ2v) is 11.9. The Kier molecular flexibility index (Phi) is 11.0. The summed E-state index contributed by atoms with van der Waals surface area (Å²) in [6.07, 6.45) is 0.845. The normalized spacial score (nSPS) is 15.4. The van der Waals surface area contributed by atoms with Gasteiger partial charge in [0.1, 0.15) is 11.5 Å². The van der Waals surface area contributed by atoms with E-state index >= 15 is 0 Å². The Bertz CT molecular complexity index is 1690. The summed E-state index contributed by atoms with van der Waals surface area (Å²) in [4.78, 5) is 45.0. The van der Waals surface area contributed by atoms with Gasteiger partial charge in [-0.25, -0.2) is 4.79 Å². The van der Waals surface area contributed by atoms with E-state index in [4.69, 9.17) is 25.8 Å². The van der Waals surface area contributed by atoms with Crippen LogP contribution in [-0.2, 0) is 20.9 Å². The molecule has 0 spiro atoms. The van der Waals surface area contributed by atoms with Gasteiger partial charge in [-0.05, 0) is 85.5 Å². The standard InChI is InChI=1S/C35H38ClN3O7/c1-22-33(29-18-27(44-2)11-12-31(29)38-22)30(35(43)46-34(42)24-7-9-25(36)10-8-24)19-32(41)37-14-4-16-45-28-6-3-5-23(17-28)20-39-15-13-26(40)21-39/h3,5-12,17-18,26,30,38,40H,4,13-16,19-21H2,1-2H3,(H,37,41). The zero-order valence-electron chi connectivity index (χ0n) is 25.9. The van der Waals surface area contributed by atoms with Crippen molar-refractivity contribution in [3.63, 3.8) is 0 Å². The number of esters is 2. The average Bonchev–Trinajstić information content (AvgIpc) is 3.60. The largest absolute Gasteiger partial charge is 0.497 e. The molecule has 2 heterocycles. The van der Waals surface area contributed by atoms with Gasteiger partial charge in [-0.1, -0.05) is 23.7 Å². The number of hydrogen-bond donors (Lipinski definition) is 3. The van der Waals surface area contributed by atoms with Crippen LogP contribution in [0.3, 0.4) is 0 Å². The summed E-state index contributed by atoms with van der Waals surface area (Å²) in [7, 11) is 1.55. The van der Waals surface area contributed by atoms with Crippen LogP contribution in [-0.4, -0.2) is 72.3 Å². The van der Waals surface area contributed by atoms with Gasteiger partial charge in [-0.15, -0.1) is 0 Å². The van der Waals surface area contributed by atoms with Crippen molar-refractivity contribution in [1.29, 1.82) is 0 Å². The van der Waals surface area contributed by atoms with E-state index in [1.807, 2.05) is 37.3 Å². The van der Waals surface area contributed by atoms with Gasteiger partial charge in [0.15, 0.2) is 0 Å². The van der Waals surface area contributed by atoms with Crippen LogP contribution in [0.4, 0.5) is 0 Å². The van der Waals surface area contributed by atoms with E-state index < -0.39 is 17.9 Å². The molecule has 1 amide bonds. The van der Waals surface area contributed by atoms with Crippen molar-refractivity contribution in [1.82, 2.24) is 15.2 Å². The van der Waals surface area contributed by atoms with Crippen molar-refractivity contribution in [3.05, 3.63) is 94.1 Å². The van der Waals surface area contributed by atoms with Gasteiger partial charge in [0.2, 0.25) is 5.91 Å². The lowest BCUT2D eigenvalue weighted by molar-refractivity contribution is -0.141. The molecule has 4 aromatic rings. The van der Waals surface area contributed by atoms with Crippen LogP contribution in [0, 0.1) is 6.92 Å². The van der Waals surface area contributed by atoms with Gasteiger partial charge in [0.25, 0.3) is 0 Å². The van der Waals surface area contributed by atoms with Crippen molar-refractivity contribution in [2.75, 3.05) is 33.4 Å². The highest BCUT2D eigenvalue weighted by molar-refractivity contribution is 6.30. The van der Waals surface area contributed by atoms with Crippen molar-refractivity contribution >= 4 is 40.3 Å². The van der Waals surface area contributed by atoms with Crippen LogP contribution in [0.2, 0.25) is 5.02 Å². The number of aliphatic hydroxyl groups is 1. The number of aryl methyl sites for hydroxylation is 1. The fourth-order valence-electron chi connectivity index (χ4n) is 5.71. The summed E-state index contributed by atoms with van der Waals surface area (Å²) in [6.45, 7) is 4.82. The predicted molar refractivity (Wildman–Crippen MR) is 174 cm³/mol. The lowest BCUT2D eigenvalue weighted by atomic mass is 9.92. The number of aromatic amines is 1. The molecule has 1 fully saturated rings. The maximum absolute atomic E-state index is 13.5. The topological polar surface area (TPSA) is 130 Å². The number of hydrogen-bond acceptors (Lipinski definition) is 8. The van der Waals surface area contributed by atoms with Gasteiger partial charge in [0, 0.05) is 54.2 Å². The van der Waals surface area contributed by atoms with Crippen LogP contribution in [0.1, 0.15) is 52.4 Å². The SMILES string of the molecule is COc1ccc2[nH]c(C)c(C(CC(=O)NCCCOc3cccc(CN4CCC(O)C4)c3)C(=O)OC(=O)c3ccc(Cl)cc3)c2c1.